The van der Waals surface area contributed by atoms with E-state index in [4.69, 9.17) is 0 Å². The molecule has 0 aromatic carbocycles. The average Bonchev–Trinajstić information content (AvgIpc) is 2.76. The molecule has 0 unspecified atom stereocenters. The summed E-state index contributed by atoms with van der Waals surface area (Å²) in [5.41, 5.74) is 0. The van der Waals surface area contributed by atoms with Gasteiger partial charge in [-0.3, -0.25) is 4.79 Å². The van der Waals surface area contributed by atoms with Crippen molar-refractivity contribution < 1.29 is 4.79 Å². The van der Waals surface area contributed by atoms with Crippen LogP contribution in [0.5, 0.6) is 0 Å². The Kier molecular flexibility index (Phi) is 9.05. The molecule has 0 aliphatic carbocycles. The predicted octanol–water partition coefficient (Wildman–Crippen LogP) is 6.10. The number of hydrogen-bond acceptors (Lipinski definition) is 2. The molecule has 0 radical (unpaired) electrons. The maximum absolute atomic E-state index is 12.6. The Bertz CT molecular complexity index is 391. The molecule has 2 nitrogen and oxygen atoms in total. The number of carbonyl (C=O) groups excluding carboxylic acids is 1. The monoisotopic (exact) mass is 423 g/mol. The lowest BCUT2D eigenvalue weighted by atomic mass is 10.2. The van der Waals surface area contributed by atoms with Gasteiger partial charge in [-0.05, 0) is 50.8 Å². The minimum atomic E-state index is 0.175. The summed E-state index contributed by atoms with van der Waals surface area (Å²) in [6.07, 6.45) is 6.95. The van der Waals surface area contributed by atoms with Crippen molar-refractivity contribution in [3.05, 3.63) is 19.2 Å². The van der Waals surface area contributed by atoms with Crippen molar-refractivity contribution in [1.29, 1.82) is 0 Å². The maximum Gasteiger partial charge on any atom is 0.263 e. The number of carbonyl (C=O) groups is 1. The van der Waals surface area contributed by atoms with Crippen molar-refractivity contribution in [3.8, 4) is 0 Å². The van der Waals surface area contributed by atoms with Crippen LogP contribution in [0.2, 0.25) is 0 Å². The average molecular weight is 425 g/mol. The van der Waals surface area contributed by atoms with Gasteiger partial charge in [0.25, 0.3) is 5.91 Å². The van der Waals surface area contributed by atoms with Gasteiger partial charge in [-0.25, -0.2) is 0 Å². The molecule has 0 saturated heterocycles. The molecule has 1 aromatic rings. The van der Waals surface area contributed by atoms with Gasteiger partial charge in [-0.2, -0.15) is 0 Å². The lowest BCUT2D eigenvalue weighted by Gasteiger charge is -2.22. The van der Waals surface area contributed by atoms with E-state index in [1.807, 2.05) is 11.0 Å². The van der Waals surface area contributed by atoms with E-state index in [0.717, 1.165) is 39.1 Å². The minimum Gasteiger partial charge on any atom is -0.338 e. The minimum absolute atomic E-state index is 0.175. The quantitative estimate of drug-likeness (QED) is 0.438. The second-order valence-electron chi connectivity index (χ2n) is 4.94. The van der Waals surface area contributed by atoms with Crippen molar-refractivity contribution in [1.82, 2.24) is 4.90 Å². The summed E-state index contributed by atoms with van der Waals surface area (Å²) in [7, 11) is 0. The molecule has 20 heavy (non-hydrogen) atoms. The van der Waals surface area contributed by atoms with Crippen LogP contribution in [0.25, 0.3) is 0 Å². The predicted molar refractivity (Wildman–Crippen MR) is 94.7 cm³/mol. The van der Waals surface area contributed by atoms with Crippen LogP contribution >= 0.6 is 43.2 Å². The number of rotatable bonds is 9. The lowest BCUT2D eigenvalue weighted by Crippen LogP contribution is -2.32. The van der Waals surface area contributed by atoms with E-state index >= 15 is 0 Å². The van der Waals surface area contributed by atoms with E-state index in [1.165, 1.54) is 37.0 Å². The fraction of sp³-hybridized carbons (Fsp3) is 0.667. The van der Waals surface area contributed by atoms with Crippen LogP contribution in [0.15, 0.2) is 14.3 Å². The van der Waals surface area contributed by atoms with Gasteiger partial charge in [-0.15, -0.1) is 11.3 Å². The van der Waals surface area contributed by atoms with E-state index in [1.54, 1.807) is 0 Å². The summed E-state index contributed by atoms with van der Waals surface area (Å²) < 4.78 is 1.95. The van der Waals surface area contributed by atoms with Crippen LogP contribution in [-0.2, 0) is 0 Å². The molecule has 1 rings (SSSR count). The largest absolute Gasteiger partial charge is 0.338 e. The summed E-state index contributed by atoms with van der Waals surface area (Å²) >= 11 is 8.42. The molecule has 114 valence electrons. The van der Waals surface area contributed by atoms with Gasteiger partial charge in [0, 0.05) is 17.6 Å². The van der Waals surface area contributed by atoms with Gasteiger partial charge in [0.2, 0.25) is 0 Å². The van der Waals surface area contributed by atoms with Gasteiger partial charge < -0.3 is 4.90 Å². The third kappa shape index (κ3) is 5.86. The molecule has 1 heterocycles. The SMILES string of the molecule is CCCCCN(CCCCC)C(=O)c1cc(Br)c(Br)s1. The van der Waals surface area contributed by atoms with E-state index in [9.17, 15) is 4.79 Å². The third-order valence-electron chi connectivity index (χ3n) is 3.21. The summed E-state index contributed by atoms with van der Waals surface area (Å²) in [6.45, 7) is 6.14. The van der Waals surface area contributed by atoms with Crippen LogP contribution in [-0.4, -0.2) is 23.9 Å². The fourth-order valence-electron chi connectivity index (χ4n) is 2.03. The third-order valence-corrected chi connectivity index (χ3v) is 6.45. The van der Waals surface area contributed by atoms with E-state index < -0.39 is 0 Å². The van der Waals surface area contributed by atoms with Crippen LogP contribution in [0, 0.1) is 0 Å². The van der Waals surface area contributed by atoms with Gasteiger partial charge >= 0.3 is 0 Å². The highest BCUT2D eigenvalue weighted by Gasteiger charge is 2.18. The standard InChI is InChI=1S/C15H23Br2NOS/c1-3-5-7-9-18(10-8-6-4-2)15(19)13-11-12(16)14(17)20-13/h11H,3-10H2,1-2H3. The van der Waals surface area contributed by atoms with Crippen LogP contribution in [0.3, 0.4) is 0 Å². The van der Waals surface area contributed by atoms with Crippen molar-refractivity contribution >= 4 is 49.1 Å². The summed E-state index contributed by atoms with van der Waals surface area (Å²) in [6, 6.07) is 1.92. The first-order valence-corrected chi connectivity index (χ1v) is 9.74. The Morgan fingerprint density at radius 2 is 1.65 bits per heavy atom. The van der Waals surface area contributed by atoms with Gasteiger partial charge in [0.05, 0.1) is 8.66 Å². The molecule has 0 spiro atoms. The second-order valence-corrected chi connectivity index (χ2v) is 8.16. The van der Waals surface area contributed by atoms with Crippen molar-refractivity contribution in [2.24, 2.45) is 0 Å². The van der Waals surface area contributed by atoms with Crippen molar-refractivity contribution in [3.63, 3.8) is 0 Å². The highest BCUT2D eigenvalue weighted by Crippen LogP contribution is 2.33. The van der Waals surface area contributed by atoms with E-state index in [2.05, 4.69) is 45.7 Å². The first kappa shape index (κ1) is 18.2. The second kappa shape index (κ2) is 9.96. The Morgan fingerprint density at radius 1 is 1.10 bits per heavy atom. The molecule has 0 aliphatic rings. The smallest absolute Gasteiger partial charge is 0.263 e. The molecule has 0 saturated carbocycles. The van der Waals surface area contributed by atoms with Crippen LogP contribution in [0.1, 0.15) is 62.0 Å². The van der Waals surface area contributed by atoms with Gasteiger partial charge in [-0.1, -0.05) is 39.5 Å². The van der Waals surface area contributed by atoms with Crippen LogP contribution in [0.4, 0.5) is 0 Å². The zero-order valence-corrected chi connectivity index (χ0v) is 16.2. The molecule has 0 N–H and O–H groups in total. The molecule has 5 heteroatoms. The molecular weight excluding hydrogens is 402 g/mol. The molecule has 0 atom stereocenters. The zero-order chi connectivity index (χ0) is 15.0. The number of unbranched alkanes of at least 4 members (excludes halogenated alkanes) is 4. The highest BCUT2D eigenvalue weighted by molar-refractivity contribution is 9.13. The van der Waals surface area contributed by atoms with E-state index in [0.29, 0.717) is 0 Å². The normalized spacial score (nSPS) is 10.8. The molecular formula is C15H23Br2NOS. The Labute approximate surface area is 143 Å². The Morgan fingerprint density at radius 3 is 2.05 bits per heavy atom. The molecule has 0 fully saturated rings. The molecule has 1 amide bonds. The van der Waals surface area contributed by atoms with Gasteiger partial charge in [0.15, 0.2) is 0 Å². The molecule has 1 aromatic heterocycles. The number of hydrogen-bond donors (Lipinski definition) is 0. The number of amides is 1. The molecule has 0 bridgehead atoms. The van der Waals surface area contributed by atoms with E-state index in [-0.39, 0.29) is 5.91 Å². The summed E-state index contributed by atoms with van der Waals surface area (Å²) in [5.74, 6) is 0.175. The first-order chi connectivity index (χ1) is 9.60. The fourth-order valence-corrected chi connectivity index (χ4v) is 4.03. The van der Waals surface area contributed by atoms with Gasteiger partial charge in [0.1, 0.15) is 0 Å². The zero-order valence-electron chi connectivity index (χ0n) is 12.3. The first-order valence-electron chi connectivity index (χ1n) is 7.34. The van der Waals surface area contributed by atoms with Crippen molar-refractivity contribution in [2.75, 3.05) is 13.1 Å². The summed E-state index contributed by atoms with van der Waals surface area (Å²) in [5, 5.41) is 0. The number of nitrogens with zero attached hydrogens (tertiary/aromatic N) is 1. The van der Waals surface area contributed by atoms with Crippen molar-refractivity contribution in [2.45, 2.75) is 52.4 Å². The maximum atomic E-state index is 12.6. The topological polar surface area (TPSA) is 20.3 Å². The lowest BCUT2D eigenvalue weighted by molar-refractivity contribution is 0.0754. The Balaban J connectivity index is 2.66. The highest BCUT2D eigenvalue weighted by atomic mass is 79.9. The van der Waals surface area contributed by atoms with Crippen LogP contribution < -0.4 is 0 Å². The molecule has 0 aliphatic heterocycles. The Hall–Kier alpha value is 0.130. The number of halogens is 2. The number of thiophene rings is 1. The summed E-state index contributed by atoms with van der Waals surface area (Å²) in [4.78, 5) is 15.4.